The van der Waals surface area contributed by atoms with Gasteiger partial charge in [0.15, 0.2) is 0 Å². The van der Waals surface area contributed by atoms with Crippen molar-refractivity contribution in [3.05, 3.63) is 54.1 Å². The molecule has 0 aliphatic carbocycles. The number of hydrogen-bond acceptors (Lipinski definition) is 4. The van der Waals surface area contributed by atoms with Gasteiger partial charge in [-0.15, -0.1) is 0 Å². The molecule has 6 nitrogen and oxygen atoms in total. The molecule has 2 aromatic heterocycles. The topological polar surface area (TPSA) is 64.4 Å². The van der Waals surface area contributed by atoms with Crippen molar-refractivity contribution in [3.8, 4) is 0 Å². The smallest absolute Gasteiger partial charge is 0.214 e. The van der Waals surface area contributed by atoms with Gasteiger partial charge in [-0.3, -0.25) is 4.98 Å². The van der Waals surface area contributed by atoms with Crippen LogP contribution in [0.15, 0.2) is 42.7 Å². The van der Waals surface area contributed by atoms with Crippen molar-refractivity contribution < 1.29 is 13.2 Å². The van der Waals surface area contributed by atoms with Crippen molar-refractivity contribution in [2.45, 2.75) is 32.7 Å². The second kappa shape index (κ2) is 6.82. The van der Waals surface area contributed by atoms with Gasteiger partial charge in [-0.1, -0.05) is 6.07 Å². The predicted molar refractivity (Wildman–Crippen MR) is 87.1 cm³/mol. The SMILES string of the molecule is CCS(=O)(=O)N1Cc2cccn2C[C@H](OCc2ccccn2)C1. The Kier molecular flexibility index (Phi) is 4.79. The van der Waals surface area contributed by atoms with Gasteiger partial charge >= 0.3 is 0 Å². The third-order valence-corrected chi connectivity index (χ3v) is 5.82. The van der Waals surface area contributed by atoms with Crippen LogP contribution in [0.4, 0.5) is 0 Å². The van der Waals surface area contributed by atoms with E-state index in [2.05, 4.69) is 9.55 Å². The number of rotatable bonds is 5. The Morgan fingerprint density at radius 1 is 1.26 bits per heavy atom. The first-order valence-electron chi connectivity index (χ1n) is 7.72. The molecule has 0 amide bonds. The lowest BCUT2D eigenvalue weighted by Gasteiger charge is -2.23. The van der Waals surface area contributed by atoms with E-state index < -0.39 is 10.0 Å². The monoisotopic (exact) mass is 335 g/mol. The van der Waals surface area contributed by atoms with Crippen molar-refractivity contribution in [1.29, 1.82) is 0 Å². The molecule has 0 bridgehead atoms. The Labute approximate surface area is 136 Å². The van der Waals surface area contributed by atoms with Gasteiger partial charge in [0.05, 0.1) is 30.7 Å². The second-order valence-electron chi connectivity index (χ2n) is 5.60. The van der Waals surface area contributed by atoms with E-state index in [1.807, 2.05) is 36.5 Å². The van der Waals surface area contributed by atoms with Crippen LogP contribution in [-0.2, 0) is 34.5 Å². The zero-order valence-corrected chi connectivity index (χ0v) is 13.9. The third kappa shape index (κ3) is 3.80. The van der Waals surface area contributed by atoms with Gasteiger partial charge in [-0.25, -0.2) is 8.42 Å². The summed E-state index contributed by atoms with van der Waals surface area (Å²) in [5.74, 6) is 0.0979. The number of aromatic nitrogens is 2. The fourth-order valence-electron chi connectivity index (χ4n) is 2.71. The van der Waals surface area contributed by atoms with E-state index in [9.17, 15) is 8.42 Å². The molecule has 0 aromatic carbocycles. The number of pyridine rings is 1. The Morgan fingerprint density at radius 3 is 2.87 bits per heavy atom. The maximum Gasteiger partial charge on any atom is 0.214 e. The lowest BCUT2D eigenvalue weighted by molar-refractivity contribution is 0.0207. The zero-order chi connectivity index (χ0) is 16.3. The summed E-state index contributed by atoms with van der Waals surface area (Å²) in [6, 6.07) is 9.57. The standard InChI is InChI=1S/C16H21N3O3S/c1-2-23(20,21)19-10-15-7-5-9-18(15)11-16(12-19)22-13-14-6-3-4-8-17-14/h3-9,16H,2,10-13H2,1H3/t16-/m0/s1. The van der Waals surface area contributed by atoms with Gasteiger partial charge in [-0.05, 0) is 31.2 Å². The maximum atomic E-state index is 12.3. The summed E-state index contributed by atoms with van der Waals surface area (Å²) in [5, 5.41) is 0. The molecule has 0 fully saturated rings. The summed E-state index contributed by atoms with van der Waals surface area (Å²) < 4.78 is 34.2. The lowest BCUT2D eigenvalue weighted by atomic mass is 10.3. The molecular weight excluding hydrogens is 314 g/mol. The van der Waals surface area contributed by atoms with Gasteiger partial charge in [-0.2, -0.15) is 4.31 Å². The van der Waals surface area contributed by atoms with E-state index >= 15 is 0 Å². The van der Waals surface area contributed by atoms with Gasteiger partial charge < -0.3 is 9.30 Å². The minimum absolute atomic E-state index is 0.0979. The fourth-order valence-corrected chi connectivity index (χ4v) is 3.79. The Morgan fingerprint density at radius 2 is 2.13 bits per heavy atom. The fraction of sp³-hybridized carbons (Fsp3) is 0.438. The predicted octanol–water partition coefficient (Wildman–Crippen LogP) is 1.63. The van der Waals surface area contributed by atoms with E-state index in [0.29, 0.717) is 26.2 Å². The molecule has 1 aliphatic heterocycles. The van der Waals surface area contributed by atoms with Crippen LogP contribution in [0.3, 0.4) is 0 Å². The summed E-state index contributed by atoms with van der Waals surface area (Å²) >= 11 is 0. The molecule has 0 saturated carbocycles. The quantitative estimate of drug-likeness (QED) is 0.833. The largest absolute Gasteiger partial charge is 0.369 e. The highest BCUT2D eigenvalue weighted by atomic mass is 32.2. The Hall–Kier alpha value is -1.70. The molecule has 3 rings (SSSR count). The van der Waals surface area contributed by atoms with Crippen molar-refractivity contribution in [2.75, 3.05) is 12.3 Å². The van der Waals surface area contributed by atoms with E-state index in [1.54, 1.807) is 13.1 Å². The molecule has 1 aliphatic rings. The Balaban J connectivity index is 1.77. The van der Waals surface area contributed by atoms with Crippen LogP contribution in [0.5, 0.6) is 0 Å². The molecule has 2 aromatic rings. The summed E-state index contributed by atoms with van der Waals surface area (Å²) in [6.07, 6.45) is 3.49. The van der Waals surface area contributed by atoms with Crippen LogP contribution in [0.2, 0.25) is 0 Å². The van der Waals surface area contributed by atoms with Crippen molar-refractivity contribution in [1.82, 2.24) is 13.9 Å². The molecular formula is C16H21N3O3S. The van der Waals surface area contributed by atoms with Crippen LogP contribution in [0.25, 0.3) is 0 Å². The van der Waals surface area contributed by atoms with Gasteiger partial charge in [0.1, 0.15) is 0 Å². The average Bonchev–Trinajstić information content (AvgIpc) is 2.91. The number of ether oxygens (including phenoxy) is 1. The second-order valence-corrected chi connectivity index (χ2v) is 7.86. The normalized spacial score (nSPS) is 19.3. The minimum Gasteiger partial charge on any atom is -0.369 e. The molecule has 7 heteroatoms. The first-order valence-corrected chi connectivity index (χ1v) is 9.33. The van der Waals surface area contributed by atoms with Crippen LogP contribution in [0.1, 0.15) is 18.3 Å². The highest BCUT2D eigenvalue weighted by molar-refractivity contribution is 7.89. The number of sulfonamides is 1. The average molecular weight is 335 g/mol. The van der Waals surface area contributed by atoms with Crippen LogP contribution in [0, 0.1) is 0 Å². The van der Waals surface area contributed by atoms with E-state index in [0.717, 1.165) is 11.4 Å². The van der Waals surface area contributed by atoms with Crippen molar-refractivity contribution >= 4 is 10.0 Å². The zero-order valence-electron chi connectivity index (χ0n) is 13.1. The Bertz CT molecular complexity index is 743. The highest BCUT2D eigenvalue weighted by Gasteiger charge is 2.29. The van der Waals surface area contributed by atoms with Gasteiger partial charge in [0, 0.05) is 31.2 Å². The summed E-state index contributed by atoms with van der Waals surface area (Å²) in [6.45, 7) is 3.45. The maximum absolute atomic E-state index is 12.3. The molecule has 0 spiro atoms. The minimum atomic E-state index is -3.26. The molecule has 0 unspecified atom stereocenters. The molecule has 3 heterocycles. The summed E-state index contributed by atoms with van der Waals surface area (Å²) in [5.41, 5.74) is 1.83. The van der Waals surface area contributed by atoms with E-state index in [-0.39, 0.29) is 11.9 Å². The van der Waals surface area contributed by atoms with Crippen molar-refractivity contribution in [2.24, 2.45) is 0 Å². The molecule has 23 heavy (non-hydrogen) atoms. The van der Waals surface area contributed by atoms with E-state index in [4.69, 9.17) is 4.74 Å². The summed E-state index contributed by atoms with van der Waals surface area (Å²) in [7, 11) is -3.26. The van der Waals surface area contributed by atoms with Crippen LogP contribution >= 0.6 is 0 Å². The third-order valence-electron chi connectivity index (χ3n) is 4.02. The summed E-state index contributed by atoms with van der Waals surface area (Å²) in [4.78, 5) is 4.24. The molecule has 0 N–H and O–H groups in total. The number of hydrogen-bond donors (Lipinski definition) is 0. The van der Waals surface area contributed by atoms with Gasteiger partial charge in [0.2, 0.25) is 10.0 Å². The highest BCUT2D eigenvalue weighted by Crippen LogP contribution is 2.19. The number of nitrogens with zero attached hydrogens (tertiary/aromatic N) is 3. The first-order chi connectivity index (χ1) is 11.1. The van der Waals surface area contributed by atoms with E-state index in [1.165, 1.54) is 4.31 Å². The molecule has 0 saturated heterocycles. The molecule has 1 atom stereocenters. The van der Waals surface area contributed by atoms with Crippen molar-refractivity contribution in [3.63, 3.8) is 0 Å². The first kappa shape index (κ1) is 16.2. The lowest BCUT2D eigenvalue weighted by Crippen LogP contribution is -2.38. The molecule has 0 radical (unpaired) electrons. The van der Waals surface area contributed by atoms with Crippen LogP contribution in [-0.4, -0.2) is 40.7 Å². The van der Waals surface area contributed by atoms with Crippen LogP contribution < -0.4 is 0 Å². The molecule has 124 valence electrons. The number of fused-ring (bicyclic) bond motifs is 1. The van der Waals surface area contributed by atoms with Gasteiger partial charge in [0.25, 0.3) is 0 Å².